The van der Waals surface area contributed by atoms with Crippen molar-refractivity contribution in [3.63, 3.8) is 0 Å². The summed E-state index contributed by atoms with van der Waals surface area (Å²) in [7, 11) is 0. The van der Waals surface area contributed by atoms with Crippen LogP contribution in [-0.4, -0.2) is 29.7 Å². The number of nitrogens with one attached hydrogen (secondary N) is 3. The minimum Gasteiger partial charge on any atom is -0.378 e. The molecule has 0 fully saturated rings. The lowest BCUT2D eigenvalue weighted by Gasteiger charge is -2.07. The molecule has 0 spiro atoms. The molecule has 7 nitrogen and oxygen atoms in total. The molecule has 134 valence electrons. The number of aryl methyl sites for hydroxylation is 1. The number of H-pyrrole nitrogens is 1. The molecular formula is C19H17N7S. The molecular weight excluding hydrogens is 358 g/mol. The van der Waals surface area contributed by atoms with Crippen LogP contribution in [0, 0.1) is 17.7 Å². The normalized spacial score (nSPS) is 11.0. The molecule has 0 aliphatic heterocycles. The van der Waals surface area contributed by atoms with E-state index in [9.17, 15) is 0 Å². The molecule has 0 unspecified atom stereocenters. The SMILES string of the molecule is Cc1nccn1-c1cccc(-c2c[nH]c3ccc(C(=N)SC(=N)N)cc23)n1. The van der Waals surface area contributed by atoms with Gasteiger partial charge in [-0.1, -0.05) is 12.1 Å². The average molecular weight is 375 g/mol. The van der Waals surface area contributed by atoms with E-state index in [1.54, 1.807) is 6.20 Å². The third kappa shape index (κ3) is 3.22. The molecule has 0 atom stereocenters. The quantitative estimate of drug-likeness (QED) is 0.322. The number of rotatable bonds is 3. The number of aromatic amines is 1. The molecule has 0 aliphatic carbocycles. The smallest absolute Gasteiger partial charge is 0.157 e. The maximum Gasteiger partial charge on any atom is 0.157 e. The Kier molecular flexibility index (Phi) is 4.25. The Morgan fingerprint density at radius 3 is 2.81 bits per heavy atom. The van der Waals surface area contributed by atoms with Crippen molar-refractivity contribution in [2.45, 2.75) is 6.92 Å². The van der Waals surface area contributed by atoms with Gasteiger partial charge in [0.2, 0.25) is 0 Å². The number of benzene rings is 1. The second-order valence-corrected chi connectivity index (χ2v) is 7.04. The first kappa shape index (κ1) is 17.0. The first-order chi connectivity index (χ1) is 13.0. The van der Waals surface area contributed by atoms with Gasteiger partial charge in [0.15, 0.2) is 5.17 Å². The topological polar surface area (TPSA) is 120 Å². The van der Waals surface area contributed by atoms with Crippen LogP contribution in [0.5, 0.6) is 0 Å². The third-order valence-electron chi connectivity index (χ3n) is 4.24. The molecule has 0 saturated carbocycles. The van der Waals surface area contributed by atoms with Crippen molar-refractivity contribution in [2.24, 2.45) is 5.73 Å². The summed E-state index contributed by atoms with van der Waals surface area (Å²) in [5.74, 6) is 1.67. The number of nitrogens with two attached hydrogens (primary N) is 1. The summed E-state index contributed by atoms with van der Waals surface area (Å²) in [5, 5.41) is 16.6. The van der Waals surface area contributed by atoms with E-state index in [0.717, 1.165) is 45.6 Å². The highest BCUT2D eigenvalue weighted by Gasteiger charge is 2.12. The van der Waals surface area contributed by atoms with E-state index in [2.05, 4.69) is 9.97 Å². The standard InChI is InChI=1S/C19H17N7S/c1-11-23-7-8-26(11)17-4-2-3-16(25-17)14-10-24-15-6-5-12(9-13(14)15)18(20)27-19(21)22/h2-10,20,24H,1H3,(H3,21,22). The van der Waals surface area contributed by atoms with Crippen molar-refractivity contribution in [3.05, 3.63) is 66.4 Å². The zero-order valence-corrected chi connectivity index (χ0v) is 15.3. The molecule has 4 rings (SSSR count). The first-order valence-electron chi connectivity index (χ1n) is 8.22. The minimum atomic E-state index is -0.0977. The second kappa shape index (κ2) is 6.73. The number of amidine groups is 1. The van der Waals surface area contributed by atoms with Crippen molar-refractivity contribution >= 4 is 32.9 Å². The van der Waals surface area contributed by atoms with Gasteiger partial charge in [0.1, 0.15) is 16.7 Å². The fourth-order valence-corrected chi connectivity index (χ4v) is 3.43. The van der Waals surface area contributed by atoms with Crippen LogP contribution in [0.3, 0.4) is 0 Å². The molecule has 0 amide bonds. The predicted octanol–water partition coefficient (Wildman–Crippen LogP) is 3.68. The summed E-state index contributed by atoms with van der Waals surface area (Å²) in [4.78, 5) is 12.3. The van der Waals surface area contributed by atoms with Gasteiger partial charge >= 0.3 is 0 Å². The lowest BCUT2D eigenvalue weighted by Crippen LogP contribution is -2.08. The van der Waals surface area contributed by atoms with Gasteiger partial charge < -0.3 is 10.7 Å². The molecule has 0 radical (unpaired) electrons. The monoisotopic (exact) mass is 375 g/mol. The predicted molar refractivity (Wildman–Crippen MR) is 110 cm³/mol. The minimum absolute atomic E-state index is 0.0977. The fourth-order valence-electron chi connectivity index (χ4n) is 2.97. The van der Waals surface area contributed by atoms with E-state index in [0.29, 0.717) is 5.56 Å². The van der Waals surface area contributed by atoms with E-state index in [4.69, 9.17) is 21.5 Å². The molecule has 5 N–H and O–H groups in total. The van der Waals surface area contributed by atoms with Crippen molar-refractivity contribution in [1.82, 2.24) is 19.5 Å². The van der Waals surface area contributed by atoms with Gasteiger partial charge in [0.05, 0.1) is 5.69 Å². The van der Waals surface area contributed by atoms with Gasteiger partial charge in [-0.3, -0.25) is 15.4 Å². The van der Waals surface area contributed by atoms with Gasteiger partial charge in [0.25, 0.3) is 0 Å². The van der Waals surface area contributed by atoms with E-state index in [1.807, 2.05) is 60.3 Å². The summed E-state index contributed by atoms with van der Waals surface area (Å²) in [6, 6.07) is 11.6. The first-order valence-corrected chi connectivity index (χ1v) is 9.04. The highest BCUT2D eigenvalue weighted by Crippen LogP contribution is 2.29. The maximum absolute atomic E-state index is 8.12. The highest BCUT2D eigenvalue weighted by molar-refractivity contribution is 8.26. The summed E-state index contributed by atoms with van der Waals surface area (Å²) < 4.78 is 1.93. The fraction of sp³-hybridized carbons (Fsp3) is 0.0526. The number of hydrogen-bond acceptors (Lipinski definition) is 5. The Balaban J connectivity index is 1.79. The summed E-state index contributed by atoms with van der Waals surface area (Å²) in [6.07, 6.45) is 5.55. The Labute approximate surface area is 159 Å². The van der Waals surface area contributed by atoms with Gasteiger partial charge in [-0.15, -0.1) is 0 Å². The molecule has 0 bridgehead atoms. The number of nitrogens with zero attached hydrogens (tertiary/aromatic N) is 3. The zero-order chi connectivity index (χ0) is 19.0. The van der Waals surface area contributed by atoms with E-state index >= 15 is 0 Å². The molecule has 4 aromatic rings. The van der Waals surface area contributed by atoms with Crippen LogP contribution in [0.1, 0.15) is 11.4 Å². The lowest BCUT2D eigenvalue weighted by molar-refractivity contribution is 0.935. The van der Waals surface area contributed by atoms with E-state index in [-0.39, 0.29) is 10.2 Å². The van der Waals surface area contributed by atoms with Crippen LogP contribution in [-0.2, 0) is 0 Å². The van der Waals surface area contributed by atoms with Crippen LogP contribution in [0.2, 0.25) is 0 Å². The van der Waals surface area contributed by atoms with E-state index < -0.39 is 0 Å². The molecule has 3 heterocycles. The van der Waals surface area contributed by atoms with Gasteiger partial charge in [-0.2, -0.15) is 0 Å². The number of fused-ring (bicyclic) bond motifs is 1. The molecule has 3 aromatic heterocycles. The van der Waals surface area contributed by atoms with Crippen LogP contribution in [0.15, 0.2) is 55.0 Å². The molecule has 0 saturated heterocycles. The molecule has 1 aromatic carbocycles. The van der Waals surface area contributed by atoms with Crippen LogP contribution >= 0.6 is 11.8 Å². The molecule has 0 aliphatic rings. The van der Waals surface area contributed by atoms with Crippen LogP contribution in [0.25, 0.3) is 28.0 Å². The largest absolute Gasteiger partial charge is 0.378 e. The number of thioether (sulfide) groups is 1. The Morgan fingerprint density at radius 2 is 2.07 bits per heavy atom. The lowest BCUT2D eigenvalue weighted by atomic mass is 10.1. The Morgan fingerprint density at radius 1 is 1.22 bits per heavy atom. The van der Waals surface area contributed by atoms with Crippen LogP contribution in [0.4, 0.5) is 0 Å². The molecule has 27 heavy (non-hydrogen) atoms. The molecule has 8 heteroatoms. The van der Waals surface area contributed by atoms with E-state index in [1.165, 1.54) is 0 Å². The summed E-state index contributed by atoms with van der Waals surface area (Å²) in [6.45, 7) is 1.94. The zero-order valence-electron chi connectivity index (χ0n) is 14.5. The van der Waals surface area contributed by atoms with Crippen molar-refractivity contribution in [3.8, 4) is 17.1 Å². The average Bonchev–Trinajstić information content (AvgIpc) is 3.26. The maximum atomic E-state index is 8.12. The number of pyridine rings is 1. The van der Waals surface area contributed by atoms with Gasteiger partial charge in [-0.05, 0) is 43.0 Å². The van der Waals surface area contributed by atoms with Crippen molar-refractivity contribution in [1.29, 1.82) is 10.8 Å². The Bertz CT molecular complexity index is 1170. The third-order valence-corrected chi connectivity index (χ3v) is 4.90. The number of imidazole rings is 1. The van der Waals surface area contributed by atoms with Gasteiger partial charge in [-0.25, -0.2) is 9.97 Å². The van der Waals surface area contributed by atoms with Crippen LogP contribution < -0.4 is 5.73 Å². The Hall–Kier alpha value is -3.39. The van der Waals surface area contributed by atoms with Crippen molar-refractivity contribution in [2.75, 3.05) is 0 Å². The van der Waals surface area contributed by atoms with Gasteiger partial charge in [0, 0.05) is 40.6 Å². The second-order valence-electron chi connectivity index (χ2n) is 5.98. The van der Waals surface area contributed by atoms with Crippen molar-refractivity contribution < 1.29 is 0 Å². The summed E-state index contributed by atoms with van der Waals surface area (Å²) >= 11 is 0.931. The number of aromatic nitrogens is 4. The summed E-state index contributed by atoms with van der Waals surface area (Å²) in [5.41, 5.74) is 8.85. The highest BCUT2D eigenvalue weighted by atomic mass is 32.2. The number of hydrogen-bond donors (Lipinski definition) is 4.